The minimum Gasteiger partial charge on any atom is -0.314 e. The Morgan fingerprint density at radius 2 is 2.20 bits per heavy atom. The number of nitrogens with one attached hydrogen (secondary N) is 2. The fourth-order valence-electron chi connectivity index (χ4n) is 3.06. The minimum absolute atomic E-state index is 0.119. The van der Waals surface area contributed by atoms with Gasteiger partial charge in [-0.2, -0.15) is 12.6 Å². The van der Waals surface area contributed by atoms with Crippen molar-refractivity contribution in [1.82, 2.24) is 10.6 Å². The van der Waals surface area contributed by atoms with E-state index in [0.29, 0.717) is 6.04 Å². The Hall–Kier alpha value is -0.770. The molecule has 1 heterocycles. The Kier molecular flexibility index (Phi) is 4.95. The lowest BCUT2D eigenvalue weighted by Crippen LogP contribution is -2.43. The van der Waals surface area contributed by atoms with Gasteiger partial charge in [0, 0.05) is 30.4 Å². The smallest absolute Gasteiger partial charge is 0.0449 e. The third kappa shape index (κ3) is 2.95. The van der Waals surface area contributed by atoms with E-state index < -0.39 is 0 Å². The van der Waals surface area contributed by atoms with Crippen molar-refractivity contribution in [2.45, 2.75) is 38.0 Å². The first kappa shape index (κ1) is 15.6. The third-order valence-electron chi connectivity index (χ3n) is 4.40. The van der Waals surface area contributed by atoms with Crippen LogP contribution >= 0.6 is 12.6 Å². The molecule has 1 aromatic rings. The summed E-state index contributed by atoms with van der Waals surface area (Å²) in [5, 5.41) is 7.06. The van der Waals surface area contributed by atoms with Gasteiger partial charge in [-0.1, -0.05) is 31.7 Å². The van der Waals surface area contributed by atoms with E-state index >= 15 is 0 Å². The maximum atomic E-state index is 4.90. The van der Waals surface area contributed by atoms with E-state index in [9.17, 15) is 0 Å². The molecule has 2 atom stereocenters. The fourth-order valence-corrected chi connectivity index (χ4v) is 3.36. The molecule has 3 heteroatoms. The Morgan fingerprint density at radius 3 is 2.75 bits per heavy atom. The highest BCUT2D eigenvalue weighted by molar-refractivity contribution is 7.81. The van der Waals surface area contributed by atoms with Crippen LogP contribution in [0.3, 0.4) is 0 Å². The first-order valence-electron chi connectivity index (χ1n) is 7.44. The van der Waals surface area contributed by atoms with E-state index in [1.807, 2.05) is 6.08 Å². The molecular formula is C17H26N2S. The molecule has 0 amide bonds. The largest absolute Gasteiger partial charge is 0.314 e. The van der Waals surface area contributed by atoms with Crippen LogP contribution < -0.4 is 10.6 Å². The van der Waals surface area contributed by atoms with Crippen LogP contribution in [0.15, 0.2) is 18.7 Å². The SMILES string of the molecule is C=Cc1ccc([C@@H]2CNCCN2)c(C)c1C(C)(S)CC. The molecule has 0 aromatic heterocycles. The van der Waals surface area contributed by atoms with Crippen molar-refractivity contribution in [3.63, 3.8) is 0 Å². The van der Waals surface area contributed by atoms with Gasteiger partial charge in [-0.05, 0) is 42.5 Å². The van der Waals surface area contributed by atoms with Crippen molar-refractivity contribution in [3.8, 4) is 0 Å². The van der Waals surface area contributed by atoms with Crippen molar-refractivity contribution in [3.05, 3.63) is 41.0 Å². The summed E-state index contributed by atoms with van der Waals surface area (Å²) in [6.07, 6.45) is 2.94. The van der Waals surface area contributed by atoms with Crippen LogP contribution in [0.1, 0.15) is 48.6 Å². The van der Waals surface area contributed by atoms with Crippen LogP contribution in [0, 0.1) is 6.92 Å². The molecule has 110 valence electrons. The fraction of sp³-hybridized carbons (Fsp3) is 0.529. The summed E-state index contributed by atoms with van der Waals surface area (Å²) in [4.78, 5) is 0. The van der Waals surface area contributed by atoms with Gasteiger partial charge in [-0.15, -0.1) is 0 Å². The predicted molar refractivity (Wildman–Crippen MR) is 91.5 cm³/mol. The van der Waals surface area contributed by atoms with Gasteiger partial charge in [0.15, 0.2) is 0 Å². The maximum absolute atomic E-state index is 4.90. The summed E-state index contributed by atoms with van der Waals surface area (Å²) in [5.74, 6) is 0. The van der Waals surface area contributed by atoms with Crippen molar-refractivity contribution < 1.29 is 0 Å². The van der Waals surface area contributed by atoms with Gasteiger partial charge in [0.05, 0.1) is 0 Å². The summed E-state index contributed by atoms with van der Waals surface area (Å²) in [6.45, 7) is 13.6. The Morgan fingerprint density at radius 1 is 1.45 bits per heavy atom. The van der Waals surface area contributed by atoms with Crippen LogP contribution in [-0.2, 0) is 4.75 Å². The van der Waals surface area contributed by atoms with Crippen molar-refractivity contribution in [1.29, 1.82) is 0 Å². The van der Waals surface area contributed by atoms with Gasteiger partial charge in [-0.3, -0.25) is 0 Å². The second kappa shape index (κ2) is 6.33. The standard InChI is InChI=1S/C17H26N2S/c1-5-13-7-8-14(15-11-18-9-10-19-15)12(3)16(13)17(4,20)6-2/h5,7-8,15,18-20H,1,6,9-11H2,2-4H3/t15-,17?/m0/s1. The molecule has 0 spiro atoms. The van der Waals surface area contributed by atoms with Crippen molar-refractivity contribution in [2.75, 3.05) is 19.6 Å². The molecule has 1 aliphatic rings. The number of hydrogen-bond acceptors (Lipinski definition) is 3. The van der Waals surface area contributed by atoms with Gasteiger partial charge in [0.1, 0.15) is 0 Å². The van der Waals surface area contributed by atoms with E-state index in [2.05, 4.69) is 50.1 Å². The molecule has 1 unspecified atom stereocenters. The second-order valence-electron chi connectivity index (χ2n) is 5.79. The topological polar surface area (TPSA) is 24.1 Å². The first-order chi connectivity index (χ1) is 9.51. The van der Waals surface area contributed by atoms with E-state index in [4.69, 9.17) is 12.6 Å². The molecule has 2 N–H and O–H groups in total. The van der Waals surface area contributed by atoms with E-state index in [1.165, 1.54) is 22.3 Å². The van der Waals surface area contributed by atoms with Crippen LogP contribution in [0.2, 0.25) is 0 Å². The average molecular weight is 290 g/mol. The van der Waals surface area contributed by atoms with Crippen molar-refractivity contribution in [2.24, 2.45) is 0 Å². The Labute approximate surface area is 128 Å². The summed E-state index contributed by atoms with van der Waals surface area (Å²) in [7, 11) is 0. The molecular weight excluding hydrogens is 264 g/mol. The van der Waals surface area contributed by atoms with E-state index in [-0.39, 0.29) is 4.75 Å². The second-order valence-corrected chi connectivity index (χ2v) is 6.77. The average Bonchev–Trinajstić information content (AvgIpc) is 2.47. The summed E-state index contributed by atoms with van der Waals surface area (Å²) in [6, 6.07) is 4.81. The minimum atomic E-state index is -0.119. The molecule has 0 radical (unpaired) electrons. The highest BCUT2D eigenvalue weighted by Gasteiger charge is 2.27. The first-order valence-corrected chi connectivity index (χ1v) is 7.89. The predicted octanol–water partition coefficient (Wildman–Crippen LogP) is 3.43. The molecule has 2 rings (SSSR count). The molecule has 20 heavy (non-hydrogen) atoms. The number of thiol groups is 1. The highest BCUT2D eigenvalue weighted by Crippen LogP contribution is 2.39. The summed E-state index contributed by atoms with van der Waals surface area (Å²) < 4.78 is -0.119. The molecule has 0 bridgehead atoms. The lowest BCUT2D eigenvalue weighted by atomic mass is 9.84. The zero-order valence-corrected chi connectivity index (χ0v) is 13.7. The maximum Gasteiger partial charge on any atom is 0.0449 e. The van der Waals surface area contributed by atoms with Crippen LogP contribution in [-0.4, -0.2) is 19.6 Å². The molecule has 0 aliphatic carbocycles. The lowest BCUT2D eigenvalue weighted by Gasteiger charge is -2.32. The zero-order valence-electron chi connectivity index (χ0n) is 12.8. The summed E-state index contributed by atoms with van der Waals surface area (Å²) >= 11 is 4.90. The molecule has 1 saturated heterocycles. The van der Waals surface area contributed by atoms with Gasteiger partial charge < -0.3 is 10.6 Å². The number of rotatable bonds is 4. The third-order valence-corrected chi connectivity index (χ3v) is 4.94. The Bertz CT molecular complexity index is 488. The van der Waals surface area contributed by atoms with Crippen LogP contribution in [0.5, 0.6) is 0 Å². The number of benzene rings is 1. The molecule has 1 aromatic carbocycles. The van der Waals surface area contributed by atoms with Gasteiger partial charge >= 0.3 is 0 Å². The zero-order chi connectivity index (χ0) is 14.8. The quantitative estimate of drug-likeness (QED) is 0.740. The molecule has 0 saturated carbocycles. The van der Waals surface area contributed by atoms with E-state index in [1.54, 1.807) is 0 Å². The van der Waals surface area contributed by atoms with Crippen LogP contribution in [0.25, 0.3) is 6.08 Å². The number of piperazine rings is 1. The molecule has 2 nitrogen and oxygen atoms in total. The van der Waals surface area contributed by atoms with Gasteiger partial charge in [0.2, 0.25) is 0 Å². The molecule has 1 fully saturated rings. The molecule has 1 aliphatic heterocycles. The monoisotopic (exact) mass is 290 g/mol. The van der Waals surface area contributed by atoms with Crippen molar-refractivity contribution >= 4 is 18.7 Å². The van der Waals surface area contributed by atoms with Crippen LogP contribution in [0.4, 0.5) is 0 Å². The highest BCUT2D eigenvalue weighted by atomic mass is 32.1. The van der Waals surface area contributed by atoms with Gasteiger partial charge in [-0.25, -0.2) is 0 Å². The Balaban J connectivity index is 2.51. The lowest BCUT2D eigenvalue weighted by molar-refractivity contribution is 0.428. The number of hydrogen-bond donors (Lipinski definition) is 3. The van der Waals surface area contributed by atoms with E-state index in [0.717, 1.165) is 26.1 Å². The van der Waals surface area contributed by atoms with Gasteiger partial charge in [0.25, 0.3) is 0 Å². The normalized spacial score (nSPS) is 22.3. The summed E-state index contributed by atoms with van der Waals surface area (Å²) in [5.41, 5.74) is 5.26.